The monoisotopic (exact) mass is 285 g/mol. The van der Waals surface area contributed by atoms with E-state index < -0.39 is 0 Å². The van der Waals surface area contributed by atoms with Gasteiger partial charge in [0.2, 0.25) is 0 Å². The standard InChI is InChI=1S/C9H4INO2/c10-9-2-7(4-12)6(3-11)1-8(9)5-13/h1-2,4-5H. The molecule has 0 heterocycles. The van der Waals surface area contributed by atoms with E-state index in [1.165, 1.54) is 12.1 Å². The highest BCUT2D eigenvalue weighted by molar-refractivity contribution is 14.1. The first-order valence-electron chi connectivity index (χ1n) is 3.37. The molecule has 0 amide bonds. The van der Waals surface area contributed by atoms with Gasteiger partial charge in [0, 0.05) is 14.7 Å². The van der Waals surface area contributed by atoms with Crippen molar-refractivity contribution in [1.82, 2.24) is 0 Å². The van der Waals surface area contributed by atoms with Gasteiger partial charge in [-0.1, -0.05) is 0 Å². The predicted octanol–water partition coefficient (Wildman–Crippen LogP) is 1.79. The van der Waals surface area contributed by atoms with Gasteiger partial charge in [0.25, 0.3) is 0 Å². The quantitative estimate of drug-likeness (QED) is 0.615. The van der Waals surface area contributed by atoms with Crippen LogP contribution in [0.2, 0.25) is 0 Å². The van der Waals surface area contributed by atoms with Crippen molar-refractivity contribution in [3.05, 3.63) is 32.4 Å². The van der Waals surface area contributed by atoms with Gasteiger partial charge in [-0.3, -0.25) is 9.59 Å². The Morgan fingerprint density at radius 3 is 2.31 bits per heavy atom. The van der Waals surface area contributed by atoms with Crippen LogP contribution in [-0.2, 0) is 0 Å². The lowest BCUT2D eigenvalue weighted by atomic mass is 10.1. The topological polar surface area (TPSA) is 57.9 Å². The Labute approximate surface area is 88.5 Å². The van der Waals surface area contributed by atoms with Crippen molar-refractivity contribution >= 4 is 35.2 Å². The first-order chi connectivity index (χ1) is 6.22. The van der Waals surface area contributed by atoms with E-state index in [4.69, 9.17) is 5.26 Å². The second-order valence-electron chi connectivity index (χ2n) is 2.31. The maximum absolute atomic E-state index is 10.5. The van der Waals surface area contributed by atoms with Crippen molar-refractivity contribution < 1.29 is 9.59 Å². The molecular formula is C9H4INO2. The Morgan fingerprint density at radius 2 is 1.85 bits per heavy atom. The maximum atomic E-state index is 10.5. The fraction of sp³-hybridized carbons (Fsp3) is 0. The van der Waals surface area contributed by atoms with Crippen LogP contribution in [0.15, 0.2) is 12.1 Å². The molecule has 1 rings (SSSR count). The highest BCUT2D eigenvalue weighted by Crippen LogP contribution is 2.15. The number of nitriles is 1. The van der Waals surface area contributed by atoms with E-state index in [1.807, 2.05) is 28.7 Å². The third kappa shape index (κ3) is 1.92. The molecule has 0 aromatic heterocycles. The predicted molar refractivity (Wildman–Crippen MR) is 54.6 cm³/mol. The zero-order valence-corrected chi connectivity index (χ0v) is 8.61. The van der Waals surface area contributed by atoms with Gasteiger partial charge in [0.05, 0.1) is 11.6 Å². The van der Waals surface area contributed by atoms with Gasteiger partial charge in [-0.15, -0.1) is 0 Å². The van der Waals surface area contributed by atoms with E-state index in [9.17, 15) is 9.59 Å². The summed E-state index contributed by atoms with van der Waals surface area (Å²) < 4.78 is 0.675. The van der Waals surface area contributed by atoms with Crippen LogP contribution in [0.4, 0.5) is 0 Å². The summed E-state index contributed by atoms with van der Waals surface area (Å²) in [5.74, 6) is 0. The fourth-order valence-electron chi connectivity index (χ4n) is 0.890. The molecule has 4 heteroatoms. The van der Waals surface area contributed by atoms with Gasteiger partial charge < -0.3 is 0 Å². The summed E-state index contributed by atoms with van der Waals surface area (Å²) in [6.45, 7) is 0. The Bertz CT molecular complexity index is 407. The second kappa shape index (κ2) is 4.14. The zero-order chi connectivity index (χ0) is 9.84. The molecule has 64 valence electrons. The Balaban J connectivity index is 3.45. The van der Waals surface area contributed by atoms with Crippen LogP contribution in [-0.4, -0.2) is 12.6 Å². The molecule has 1 aromatic carbocycles. The summed E-state index contributed by atoms with van der Waals surface area (Å²) in [6.07, 6.45) is 1.27. The lowest BCUT2D eigenvalue weighted by Gasteiger charge is -1.99. The second-order valence-corrected chi connectivity index (χ2v) is 3.47. The first kappa shape index (κ1) is 9.86. The average Bonchev–Trinajstić information content (AvgIpc) is 2.17. The number of carbonyl (C=O) groups is 2. The minimum Gasteiger partial charge on any atom is -0.298 e. The van der Waals surface area contributed by atoms with Crippen molar-refractivity contribution in [2.24, 2.45) is 0 Å². The van der Waals surface area contributed by atoms with Crippen LogP contribution in [0, 0.1) is 14.9 Å². The third-order valence-electron chi connectivity index (χ3n) is 1.54. The van der Waals surface area contributed by atoms with Crippen LogP contribution in [0.3, 0.4) is 0 Å². The van der Waals surface area contributed by atoms with Crippen LogP contribution in [0.25, 0.3) is 0 Å². The van der Waals surface area contributed by atoms with Gasteiger partial charge in [-0.05, 0) is 34.7 Å². The summed E-state index contributed by atoms with van der Waals surface area (Å²) in [7, 11) is 0. The Hall–Kier alpha value is -1.22. The number of hydrogen-bond acceptors (Lipinski definition) is 3. The summed E-state index contributed by atoms with van der Waals surface area (Å²) >= 11 is 1.94. The van der Waals surface area contributed by atoms with Crippen molar-refractivity contribution in [1.29, 1.82) is 5.26 Å². The fourth-order valence-corrected chi connectivity index (χ4v) is 1.51. The zero-order valence-electron chi connectivity index (χ0n) is 6.45. The molecule has 0 fully saturated rings. The minimum absolute atomic E-state index is 0.234. The molecule has 0 unspecified atom stereocenters. The molecule has 3 nitrogen and oxygen atoms in total. The van der Waals surface area contributed by atoms with Crippen LogP contribution < -0.4 is 0 Å². The molecule has 0 saturated heterocycles. The molecule has 0 N–H and O–H groups in total. The van der Waals surface area contributed by atoms with E-state index in [0.717, 1.165) is 0 Å². The van der Waals surface area contributed by atoms with Crippen molar-refractivity contribution in [3.8, 4) is 6.07 Å². The number of rotatable bonds is 2. The van der Waals surface area contributed by atoms with Gasteiger partial charge >= 0.3 is 0 Å². The Kier molecular flexibility index (Phi) is 3.14. The van der Waals surface area contributed by atoms with Crippen molar-refractivity contribution in [2.45, 2.75) is 0 Å². The summed E-state index contributed by atoms with van der Waals surface area (Å²) in [4.78, 5) is 21.0. The molecule has 0 atom stereocenters. The number of nitrogens with zero attached hydrogens (tertiary/aromatic N) is 1. The van der Waals surface area contributed by atoms with Crippen molar-refractivity contribution in [2.75, 3.05) is 0 Å². The van der Waals surface area contributed by atoms with Gasteiger partial charge in [0.15, 0.2) is 12.6 Å². The lowest BCUT2D eigenvalue weighted by molar-refractivity contribution is 0.111. The number of benzene rings is 1. The van der Waals surface area contributed by atoms with E-state index in [2.05, 4.69) is 0 Å². The molecule has 0 bridgehead atoms. The highest BCUT2D eigenvalue weighted by atomic mass is 127. The third-order valence-corrected chi connectivity index (χ3v) is 2.48. The smallest absolute Gasteiger partial charge is 0.151 e. The number of aldehydes is 2. The molecular weight excluding hydrogens is 281 g/mol. The van der Waals surface area contributed by atoms with Crippen LogP contribution in [0.1, 0.15) is 26.3 Å². The molecule has 1 aromatic rings. The van der Waals surface area contributed by atoms with E-state index >= 15 is 0 Å². The van der Waals surface area contributed by atoms with Gasteiger partial charge in [-0.25, -0.2) is 0 Å². The molecule has 0 radical (unpaired) electrons. The van der Waals surface area contributed by atoms with Gasteiger partial charge in [-0.2, -0.15) is 5.26 Å². The summed E-state index contributed by atoms with van der Waals surface area (Å²) in [5.41, 5.74) is 0.984. The Morgan fingerprint density at radius 1 is 1.23 bits per heavy atom. The molecule has 0 aliphatic carbocycles. The maximum Gasteiger partial charge on any atom is 0.151 e. The van der Waals surface area contributed by atoms with Crippen LogP contribution >= 0.6 is 22.6 Å². The number of halogens is 1. The summed E-state index contributed by atoms with van der Waals surface area (Å²) in [6, 6.07) is 4.79. The van der Waals surface area contributed by atoms with E-state index in [1.54, 1.807) is 0 Å². The lowest BCUT2D eigenvalue weighted by Crippen LogP contribution is -1.94. The number of hydrogen-bond donors (Lipinski definition) is 0. The molecule has 0 saturated carbocycles. The van der Waals surface area contributed by atoms with Crippen molar-refractivity contribution in [3.63, 3.8) is 0 Å². The minimum atomic E-state index is 0.234. The molecule has 0 aliphatic rings. The molecule has 13 heavy (non-hydrogen) atoms. The highest BCUT2D eigenvalue weighted by Gasteiger charge is 2.06. The normalized spacial score (nSPS) is 8.92. The first-order valence-corrected chi connectivity index (χ1v) is 4.44. The SMILES string of the molecule is N#Cc1cc(C=O)c(I)cc1C=O. The summed E-state index contributed by atoms with van der Waals surface area (Å²) in [5, 5.41) is 8.63. The molecule has 0 spiro atoms. The molecule has 0 aliphatic heterocycles. The average molecular weight is 285 g/mol. The largest absolute Gasteiger partial charge is 0.298 e. The van der Waals surface area contributed by atoms with E-state index in [-0.39, 0.29) is 5.56 Å². The van der Waals surface area contributed by atoms with E-state index in [0.29, 0.717) is 27.3 Å². The number of carbonyl (C=O) groups excluding carboxylic acids is 2. The van der Waals surface area contributed by atoms with Gasteiger partial charge in [0.1, 0.15) is 0 Å². The van der Waals surface area contributed by atoms with Crippen LogP contribution in [0.5, 0.6) is 0 Å².